The van der Waals surface area contributed by atoms with Gasteiger partial charge in [-0.25, -0.2) is 4.98 Å². The molecule has 1 saturated heterocycles. The zero-order valence-corrected chi connectivity index (χ0v) is 11.9. The van der Waals surface area contributed by atoms with Crippen molar-refractivity contribution in [1.29, 1.82) is 0 Å². The fraction of sp³-hybridized carbons (Fsp3) is 0.429. The van der Waals surface area contributed by atoms with Crippen molar-refractivity contribution in [3.63, 3.8) is 0 Å². The monoisotopic (exact) mass is 291 g/mol. The molecule has 5 nitrogen and oxygen atoms in total. The van der Waals surface area contributed by atoms with Gasteiger partial charge in [0, 0.05) is 0 Å². The zero-order chi connectivity index (χ0) is 13.8. The van der Waals surface area contributed by atoms with Crippen LogP contribution in [-0.2, 0) is 11.3 Å². The molecule has 2 aromatic heterocycles. The van der Waals surface area contributed by atoms with Crippen molar-refractivity contribution >= 4 is 17.2 Å². The maximum Gasteiger partial charge on any atom is 0.237 e. The van der Waals surface area contributed by atoms with Gasteiger partial charge in [0.2, 0.25) is 11.8 Å². The molecular weight excluding hydrogens is 274 g/mol. The number of nitrogens with one attached hydrogen (secondary N) is 2. The summed E-state index contributed by atoms with van der Waals surface area (Å²) in [4.78, 5) is 17.4. The van der Waals surface area contributed by atoms with Gasteiger partial charge >= 0.3 is 0 Å². The van der Waals surface area contributed by atoms with Crippen LogP contribution < -0.4 is 10.6 Å². The van der Waals surface area contributed by atoms with E-state index in [1.165, 1.54) is 0 Å². The Morgan fingerprint density at radius 2 is 2.50 bits per heavy atom. The summed E-state index contributed by atoms with van der Waals surface area (Å²) in [6.07, 6.45) is 4.77. The Hall–Kier alpha value is -1.66. The van der Waals surface area contributed by atoms with Crippen LogP contribution in [-0.4, -0.2) is 23.5 Å². The standard InChI is InChI=1S/C14H17N3O2S/c18-13(11-4-1-2-6-15-11)16-8-10-9-19-14(17-10)12-5-3-7-20-12/h3,5,7,9,11,15H,1-2,4,6,8H2,(H,16,18). The van der Waals surface area contributed by atoms with Gasteiger partial charge in [0.05, 0.1) is 23.2 Å². The van der Waals surface area contributed by atoms with Crippen molar-refractivity contribution in [2.45, 2.75) is 31.8 Å². The highest BCUT2D eigenvalue weighted by Gasteiger charge is 2.20. The van der Waals surface area contributed by atoms with Crippen LogP contribution in [0.1, 0.15) is 25.0 Å². The van der Waals surface area contributed by atoms with E-state index in [0.717, 1.165) is 36.4 Å². The number of carbonyl (C=O) groups excluding carboxylic acids is 1. The number of aromatic nitrogens is 1. The average Bonchev–Trinajstić information content (AvgIpc) is 3.16. The van der Waals surface area contributed by atoms with Gasteiger partial charge in [-0.2, -0.15) is 0 Å². The predicted octanol–water partition coefficient (Wildman–Crippen LogP) is 2.16. The van der Waals surface area contributed by atoms with E-state index >= 15 is 0 Å². The fourth-order valence-electron chi connectivity index (χ4n) is 2.28. The summed E-state index contributed by atoms with van der Waals surface area (Å²) >= 11 is 1.58. The van der Waals surface area contributed by atoms with E-state index in [-0.39, 0.29) is 11.9 Å². The SMILES string of the molecule is O=C(NCc1coc(-c2cccs2)n1)C1CCCCN1. The molecule has 2 aromatic rings. The van der Waals surface area contributed by atoms with Crippen molar-refractivity contribution in [3.8, 4) is 10.8 Å². The molecule has 0 aliphatic carbocycles. The van der Waals surface area contributed by atoms with E-state index in [4.69, 9.17) is 4.42 Å². The first-order valence-electron chi connectivity index (χ1n) is 6.82. The molecule has 0 saturated carbocycles. The lowest BCUT2D eigenvalue weighted by molar-refractivity contribution is -0.123. The number of nitrogens with zero attached hydrogens (tertiary/aromatic N) is 1. The Bertz CT molecular complexity index is 559. The van der Waals surface area contributed by atoms with Crippen molar-refractivity contribution in [2.24, 2.45) is 0 Å². The lowest BCUT2D eigenvalue weighted by atomic mass is 10.0. The minimum atomic E-state index is -0.0626. The van der Waals surface area contributed by atoms with Crippen molar-refractivity contribution in [1.82, 2.24) is 15.6 Å². The Morgan fingerprint density at radius 1 is 1.55 bits per heavy atom. The average molecular weight is 291 g/mol. The van der Waals surface area contributed by atoms with E-state index < -0.39 is 0 Å². The molecule has 106 valence electrons. The van der Waals surface area contributed by atoms with Crippen LogP contribution in [0.25, 0.3) is 10.8 Å². The Labute approximate surface area is 121 Å². The Balaban J connectivity index is 1.54. The number of rotatable bonds is 4. The van der Waals surface area contributed by atoms with Gasteiger partial charge in [0.1, 0.15) is 6.26 Å². The van der Waals surface area contributed by atoms with Crippen LogP contribution in [0.15, 0.2) is 28.2 Å². The van der Waals surface area contributed by atoms with Gasteiger partial charge < -0.3 is 15.1 Å². The lowest BCUT2D eigenvalue weighted by Gasteiger charge is -2.22. The maximum absolute atomic E-state index is 12.0. The highest BCUT2D eigenvalue weighted by molar-refractivity contribution is 7.13. The number of oxazole rings is 1. The molecule has 1 unspecified atom stereocenters. The molecule has 1 atom stereocenters. The van der Waals surface area contributed by atoms with Gasteiger partial charge in [-0.3, -0.25) is 4.79 Å². The molecule has 2 N–H and O–H groups in total. The first-order chi connectivity index (χ1) is 9.83. The molecule has 3 heterocycles. The van der Waals surface area contributed by atoms with E-state index in [9.17, 15) is 4.79 Å². The third-order valence-corrected chi connectivity index (χ3v) is 4.21. The Kier molecular flexibility index (Phi) is 4.13. The highest BCUT2D eigenvalue weighted by Crippen LogP contribution is 2.23. The lowest BCUT2D eigenvalue weighted by Crippen LogP contribution is -2.46. The van der Waals surface area contributed by atoms with E-state index in [0.29, 0.717) is 12.4 Å². The molecule has 1 fully saturated rings. The smallest absolute Gasteiger partial charge is 0.237 e. The molecule has 20 heavy (non-hydrogen) atoms. The van der Waals surface area contributed by atoms with Crippen LogP contribution in [0.3, 0.4) is 0 Å². The number of carbonyl (C=O) groups is 1. The normalized spacial score (nSPS) is 18.9. The van der Waals surface area contributed by atoms with E-state index in [1.807, 2.05) is 17.5 Å². The minimum absolute atomic E-state index is 0.0466. The predicted molar refractivity (Wildman–Crippen MR) is 77.3 cm³/mol. The van der Waals surface area contributed by atoms with Crippen LogP contribution in [0, 0.1) is 0 Å². The summed E-state index contributed by atoms with van der Waals surface area (Å²) in [5.41, 5.74) is 0.748. The molecule has 6 heteroatoms. The second-order valence-electron chi connectivity index (χ2n) is 4.84. The fourth-order valence-corrected chi connectivity index (χ4v) is 2.93. The molecule has 0 aromatic carbocycles. The number of piperidine rings is 1. The quantitative estimate of drug-likeness (QED) is 0.906. The summed E-state index contributed by atoms with van der Waals surface area (Å²) < 4.78 is 5.42. The minimum Gasteiger partial charge on any atom is -0.443 e. The second kappa shape index (κ2) is 6.19. The molecule has 0 spiro atoms. The first kappa shape index (κ1) is 13.3. The molecule has 1 amide bonds. The number of thiophene rings is 1. The maximum atomic E-state index is 12.0. The number of hydrogen-bond acceptors (Lipinski definition) is 5. The highest BCUT2D eigenvalue weighted by atomic mass is 32.1. The van der Waals surface area contributed by atoms with Gasteiger partial charge in [0.15, 0.2) is 0 Å². The summed E-state index contributed by atoms with van der Waals surface area (Å²) in [5.74, 6) is 0.658. The molecule has 0 bridgehead atoms. The molecule has 1 aliphatic heterocycles. The molecular formula is C14H17N3O2S. The molecule has 1 aliphatic rings. The van der Waals surface area contributed by atoms with E-state index in [2.05, 4.69) is 15.6 Å². The summed E-state index contributed by atoms with van der Waals surface area (Å²) in [5, 5.41) is 8.12. The Morgan fingerprint density at radius 3 is 3.25 bits per heavy atom. The van der Waals surface area contributed by atoms with Gasteiger partial charge in [-0.1, -0.05) is 12.5 Å². The number of hydrogen-bond donors (Lipinski definition) is 2. The topological polar surface area (TPSA) is 67.2 Å². The summed E-state index contributed by atoms with van der Waals surface area (Å²) in [6.45, 7) is 1.33. The van der Waals surface area contributed by atoms with Crippen LogP contribution in [0.2, 0.25) is 0 Å². The second-order valence-corrected chi connectivity index (χ2v) is 5.79. The van der Waals surface area contributed by atoms with Gasteiger partial charge in [0.25, 0.3) is 0 Å². The van der Waals surface area contributed by atoms with Crippen molar-refractivity contribution < 1.29 is 9.21 Å². The first-order valence-corrected chi connectivity index (χ1v) is 7.70. The van der Waals surface area contributed by atoms with E-state index in [1.54, 1.807) is 17.6 Å². The van der Waals surface area contributed by atoms with Crippen LogP contribution >= 0.6 is 11.3 Å². The van der Waals surface area contributed by atoms with Crippen molar-refractivity contribution in [2.75, 3.05) is 6.54 Å². The number of amides is 1. The molecule has 0 radical (unpaired) electrons. The van der Waals surface area contributed by atoms with Gasteiger partial charge in [-0.15, -0.1) is 11.3 Å². The third-order valence-electron chi connectivity index (χ3n) is 3.35. The summed E-state index contributed by atoms with van der Waals surface area (Å²) in [7, 11) is 0. The van der Waals surface area contributed by atoms with Crippen molar-refractivity contribution in [3.05, 3.63) is 29.5 Å². The van der Waals surface area contributed by atoms with Crippen LogP contribution in [0.5, 0.6) is 0 Å². The van der Waals surface area contributed by atoms with Gasteiger partial charge in [-0.05, 0) is 30.8 Å². The molecule has 3 rings (SSSR count). The third kappa shape index (κ3) is 3.08. The zero-order valence-electron chi connectivity index (χ0n) is 11.1. The largest absolute Gasteiger partial charge is 0.443 e. The summed E-state index contributed by atoms with van der Waals surface area (Å²) in [6, 6.07) is 3.86. The van der Waals surface area contributed by atoms with Crippen LogP contribution in [0.4, 0.5) is 0 Å².